The molecule has 1 fully saturated rings. The maximum absolute atomic E-state index is 12.8. The van der Waals surface area contributed by atoms with Crippen molar-refractivity contribution >= 4 is 11.6 Å². The van der Waals surface area contributed by atoms with Gasteiger partial charge < -0.3 is 9.73 Å². The molecule has 0 radical (unpaired) electrons. The van der Waals surface area contributed by atoms with E-state index >= 15 is 0 Å². The fourth-order valence-corrected chi connectivity index (χ4v) is 3.95. The number of fused-ring (bicyclic) bond motifs is 1. The zero-order valence-corrected chi connectivity index (χ0v) is 15.9. The van der Waals surface area contributed by atoms with Gasteiger partial charge in [-0.15, -0.1) is 0 Å². The van der Waals surface area contributed by atoms with Gasteiger partial charge in [-0.1, -0.05) is 6.07 Å². The molecule has 27 heavy (non-hydrogen) atoms. The summed E-state index contributed by atoms with van der Waals surface area (Å²) in [5.74, 6) is 1.41. The molecule has 0 saturated carbocycles. The first-order chi connectivity index (χ1) is 13.1. The number of likely N-dealkylation sites (tertiary alicyclic amines) is 1. The smallest absolute Gasteiger partial charge is 0.270 e. The maximum Gasteiger partial charge on any atom is 0.270 e. The van der Waals surface area contributed by atoms with Crippen molar-refractivity contribution < 1.29 is 9.21 Å². The number of aryl methyl sites for hydroxylation is 2. The van der Waals surface area contributed by atoms with Crippen LogP contribution in [0.3, 0.4) is 0 Å². The lowest BCUT2D eigenvalue weighted by atomic mass is 9.98. The van der Waals surface area contributed by atoms with Crippen LogP contribution in [0, 0.1) is 19.8 Å². The SMILES string of the molecule is Cc1ccc2nc(C)c(C(=O)NC[C@H]3CCCN(Cc4ccco4)C3)n2c1. The van der Waals surface area contributed by atoms with Gasteiger partial charge in [0.1, 0.15) is 17.1 Å². The lowest BCUT2D eigenvalue weighted by molar-refractivity contribution is 0.0922. The second kappa shape index (κ2) is 7.56. The summed E-state index contributed by atoms with van der Waals surface area (Å²) < 4.78 is 7.35. The van der Waals surface area contributed by atoms with Gasteiger partial charge in [-0.05, 0) is 62.9 Å². The van der Waals surface area contributed by atoms with E-state index in [9.17, 15) is 4.79 Å². The van der Waals surface area contributed by atoms with Crippen LogP contribution in [0.5, 0.6) is 0 Å². The van der Waals surface area contributed by atoms with Crippen molar-refractivity contribution in [3.8, 4) is 0 Å². The van der Waals surface area contributed by atoms with Crippen molar-refractivity contribution in [2.75, 3.05) is 19.6 Å². The zero-order chi connectivity index (χ0) is 18.8. The number of rotatable bonds is 5. The van der Waals surface area contributed by atoms with E-state index in [0.29, 0.717) is 18.2 Å². The van der Waals surface area contributed by atoms with Crippen LogP contribution >= 0.6 is 0 Å². The van der Waals surface area contributed by atoms with E-state index < -0.39 is 0 Å². The van der Waals surface area contributed by atoms with Crippen LogP contribution in [0.2, 0.25) is 0 Å². The second-order valence-electron chi connectivity index (χ2n) is 7.51. The highest BCUT2D eigenvalue weighted by atomic mass is 16.3. The maximum atomic E-state index is 12.8. The highest BCUT2D eigenvalue weighted by molar-refractivity contribution is 5.94. The topological polar surface area (TPSA) is 62.8 Å². The number of carbonyl (C=O) groups excluding carboxylic acids is 1. The van der Waals surface area contributed by atoms with Crippen molar-refractivity contribution in [3.63, 3.8) is 0 Å². The van der Waals surface area contributed by atoms with E-state index in [4.69, 9.17) is 4.42 Å². The number of nitrogens with zero attached hydrogens (tertiary/aromatic N) is 3. The number of carbonyl (C=O) groups is 1. The summed E-state index contributed by atoms with van der Waals surface area (Å²) in [7, 11) is 0. The number of piperidine rings is 1. The third-order valence-electron chi connectivity index (χ3n) is 5.27. The number of pyridine rings is 1. The van der Waals surface area contributed by atoms with Gasteiger partial charge in [0.25, 0.3) is 5.91 Å². The summed E-state index contributed by atoms with van der Waals surface area (Å²) in [5.41, 5.74) is 3.32. The van der Waals surface area contributed by atoms with Gasteiger partial charge in [-0.2, -0.15) is 0 Å². The highest BCUT2D eigenvalue weighted by Gasteiger charge is 2.23. The van der Waals surface area contributed by atoms with Gasteiger partial charge in [0, 0.05) is 19.3 Å². The summed E-state index contributed by atoms with van der Waals surface area (Å²) in [4.78, 5) is 19.7. The van der Waals surface area contributed by atoms with E-state index in [2.05, 4.69) is 15.2 Å². The molecular weight excluding hydrogens is 340 g/mol. The Balaban J connectivity index is 1.39. The number of furan rings is 1. The van der Waals surface area contributed by atoms with Gasteiger partial charge in [-0.3, -0.25) is 14.1 Å². The zero-order valence-electron chi connectivity index (χ0n) is 15.9. The monoisotopic (exact) mass is 366 g/mol. The highest BCUT2D eigenvalue weighted by Crippen LogP contribution is 2.19. The lowest BCUT2D eigenvalue weighted by Gasteiger charge is -2.32. The Bertz CT molecular complexity index is 929. The lowest BCUT2D eigenvalue weighted by Crippen LogP contribution is -2.40. The summed E-state index contributed by atoms with van der Waals surface area (Å²) in [6.45, 7) is 7.49. The quantitative estimate of drug-likeness (QED) is 0.753. The molecular formula is C21H26N4O2. The molecule has 1 saturated heterocycles. The Morgan fingerprint density at radius 1 is 1.33 bits per heavy atom. The number of amides is 1. The molecule has 0 aliphatic carbocycles. The first-order valence-electron chi connectivity index (χ1n) is 9.58. The number of imidazole rings is 1. The molecule has 142 valence electrons. The minimum atomic E-state index is -0.0474. The fraction of sp³-hybridized carbons (Fsp3) is 0.429. The van der Waals surface area contributed by atoms with E-state index in [1.54, 1.807) is 6.26 Å². The van der Waals surface area contributed by atoms with Crippen molar-refractivity contribution in [2.24, 2.45) is 5.92 Å². The third-order valence-corrected chi connectivity index (χ3v) is 5.27. The molecule has 1 aliphatic heterocycles. The molecule has 1 N–H and O–H groups in total. The van der Waals surface area contributed by atoms with Crippen molar-refractivity contribution in [1.82, 2.24) is 19.6 Å². The Morgan fingerprint density at radius 3 is 3.04 bits per heavy atom. The second-order valence-corrected chi connectivity index (χ2v) is 7.51. The number of hydrogen-bond acceptors (Lipinski definition) is 4. The summed E-state index contributed by atoms with van der Waals surface area (Å²) >= 11 is 0. The molecule has 4 rings (SSSR count). The fourth-order valence-electron chi connectivity index (χ4n) is 3.95. The van der Waals surface area contributed by atoms with Crippen LogP contribution in [-0.4, -0.2) is 39.8 Å². The predicted molar refractivity (Wildman–Crippen MR) is 104 cm³/mol. The van der Waals surface area contributed by atoms with Crippen LogP contribution in [0.25, 0.3) is 5.65 Å². The summed E-state index contributed by atoms with van der Waals surface area (Å²) in [6, 6.07) is 7.91. The molecule has 0 unspecified atom stereocenters. The molecule has 0 aromatic carbocycles. The Labute approximate surface area is 159 Å². The normalized spacial score (nSPS) is 18.1. The van der Waals surface area contributed by atoms with Crippen molar-refractivity contribution in [1.29, 1.82) is 0 Å². The summed E-state index contributed by atoms with van der Waals surface area (Å²) in [5, 5.41) is 3.14. The molecule has 6 heteroatoms. The Morgan fingerprint density at radius 2 is 2.22 bits per heavy atom. The van der Waals surface area contributed by atoms with Crippen LogP contribution in [0.4, 0.5) is 0 Å². The van der Waals surface area contributed by atoms with E-state index in [-0.39, 0.29) is 5.91 Å². The average molecular weight is 366 g/mol. The van der Waals surface area contributed by atoms with Crippen molar-refractivity contribution in [2.45, 2.75) is 33.2 Å². The number of hydrogen-bond donors (Lipinski definition) is 1. The van der Waals surface area contributed by atoms with Gasteiger partial charge in [0.2, 0.25) is 0 Å². The molecule has 4 heterocycles. The van der Waals surface area contributed by atoms with Gasteiger partial charge in [-0.25, -0.2) is 4.98 Å². The summed E-state index contributed by atoms with van der Waals surface area (Å²) in [6.07, 6.45) is 5.97. The average Bonchev–Trinajstić information content (AvgIpc) is 3.26. The van der Waals surface area contributed by atoms with Crippen LogP contribution in [-0.2, 0) is 6.54 Å². The number of aromatic nitrogens is 2. The van der Waals surface area contributed by atoms with E-state index in [1.165, 1.54) is 0 Å². The Kier molecular flexibility index (Phi) is 4.99. The molecule has 1 atom stereocenters. The van der Waals surface area contributed by atoms with Crippen LogP contribution in [0.15, 0.2) is 41.1 Å². The molecule has 1 amide bonds. The molecule has 3 aromatic rings. The molecule has 0 bridgehead atoms. The van der Waals surface area contributed by atoms with Crippen LogP contribution < -0.4 is 5.32 Å². The van der Waals surface area contributed by atoms with Gasteiger partial charge in [0.05, 0.1) is 18.5 Å². The van der Waals surface area contributed by atoms with E-state index in [0.717, 1.165) is 55.1 Å². The molecule has 0 spiro atoms. The minimum Gasteiger partial charge on any atom is -0.468 e. The van der Waals surface area contributed by atoms with E-state index in [1.807, 2.05) is 48.7 Å². The molecule has 3 aromatic heterocycles. The molecule has 6 nitrogen and oxygen atoms in total. The van der Waals surface area contributed by atoms with Gasteiger partial charge >= 0.3 is 0 Å². The predicted octanol–water partition coefficient (Wildman–Crippen LogP) is 3.19. The minimum absolute atomic E-state index is 0.0474. The Hall–Kier alpha value is -2.60. The largest absolute Gasteiger partial charge is 0.468 e. The van der Waals surface area contributed by atoms with Crippen LogP contribution in [0.1, 0.15) is 40.3 Å². The first kappa shape index (κ1) is 17.8. The third kappa shape index (κ3) is 3.90. The van der Waals surface area contributed by atoms with Gasteiger partial charge in [0.15, 0.2) is 0 Å². The standard InChI is InChI=1S/C21H26N4O2/c1-15-7-8-19-23-16(2)20(25(19)12-15)21(26)22-11-17-5-3-9-24(13-17)14-18-6-4-10-27-18/h4,6-8,10,12,17H,3,5,9,11,13-14H2,1-2H3,(H,22,26)/t17-/m1/s1. The first-order valence-corrected chi connectivity index (χ1v) is 9.58. The number of nitrogens with one attached hydrogen (secondary N) is 1. The molecule has 1 aliphatic rings. The van der Waals surface area contributed by atoms with Crippen molar-refractivity contribution in [3.05, 3.63) is 59.4 Å².